The number of benzene rings is 1. The highest BCUT2D eigenvalue weighted by molar-refractivity contribution is 5.82. The van der Waals surface area contributed by atoms with Crippen molar-refractivity contribution in [1.29, 1.82) is 0 Å². The third-order valence-electron chi connectivity index (χ3n) is 4.54. The van der Waals surface area contributed by atoms with E-state index in [1.165, 1.54) is 0 Å². The highest BCUT2D eigenvalue weighted by atomic mass is 16.5. The van der Waals surface area contributed by atoms with E-state index in [9.17, 15) is 4.79 Å². The largest absolute Gasteiger partial charge is 0.489 e. The number of aromatic nitrogens is 3. The molecular formula is C19H16N4O3. The Morgan fingerprint density at radius 2 is 2.27 bits per heavy atom. The van der Waals surface area contributed by atoms with Gasteiger partial charge in [-0.15, -0.1) is 0 Å². The van der Waals surface area contributed by atoms with Gasteiger partial charge in [-0.2, -0.15) is 0 Å². The maximum absolute atomic E-state index is 12.5. The van der Waals surface area contributed by atoms with Crippen molar-refractivity contribution in [3.8, 4) is 17.0 Å². The van der Waals surface area contributed by atoms with Gasteiger partial charge in [0.05, 0.1) is 11.3 Å². The van der Waals surface area contributed by atoms with Crippen molar-refractivity contribution in [2.75, 3.05) is 13.1 Å². The number of nitrogens with zero attached hydrogens (tertiary/aromatic N) is 3. The quantitative estimate of drug-likeness (QED) is 0.572. The van der Waals surface area contributed by atoms with E-state index < -0.39 is 5.63 Å². The molecule has 0 bridgehead atoms. The fourth-order valence-corrected chi connectivity index (χ4v) is 3.22. The Bertz CT molecular complexity index is 1130. The fourth-order valence-electron chi connectivity index (χ4n) is 3.22. The minimum Gasteiger partial charge on any atom is -0.489 e. The molecule has 0 saturated carbocycles. The van der Waals surface area contributed by atoms with Crippen LogP contribution >= 0.6 is 0 Å². The number of ether oxygens (including phenoxy) is 1. The number of rotatable bonds is 3. The van der Waals surface area contributed by atoms with Crippen molar-refractivity contribution in [3.05, 3.63) is 59.3 Å². The van der Waals surface area contributed by atoms with E-state index in [-0.39, 0.29) is 6.10 Å². The number of fused-ring (bicyclic) bond motifs is 2. The van der Waals surface area contributed by atoms with Crippen molar-refractivity contribution in [3.63, 3.8) is 0 Å². The van der Waals surface area contributed by atoms with E-state index >= 15 is 0 Å². The zero-order valence-electron chi connectivity index (χ0n) is 13.9. The summed E-state index contributed by atoms with van der Waals surface area (Å²) in [5.41, 5.74) is 1.03. The molecule has 4 aromatic rings. The summed E-state index contributed by atoms with van der Waals surface area (Å²) in [6, 6.07) is 9.17. The van der Waals surface area contributed by atoms with Crippen LogP contribution in [-0.2, 0) is 0 Å². The van der Waals surface area contributed by atoms with E-state index in [1.807, 2.05) is 24.4 Å². The molecule has 0 spiro atoms. The van der Waals surface area contributed by atoms with Crippen LogP contribution in [0.3, 0.4) is 0 Å². The van der Waals surface area contributed by atoms with E-state index in [2.05, 4.69) is 15.3 Å². The monoisotopic (exact) mass is 348 g/mol. The van der Waals surface area contributed by atoms with Crippen molar-refractivity contribution in [2.24, 2.45) is 0 Å². The molecule has 5 rings (SSSR count). The normalized spacial score (nSPS) is 17.2. The first-order chi connectivity index (χ1) is 12.8. The topological polar surface area (TPSA) is 81.7 Å². The molecule has 1 aliphatic heterocycles. The van der Waals surface area contributed by atoms with Crippen LogP contribution in [0.5, 0.6) is 5.75 Å². The van der Waals surface area contributed by atoms with Crippen LogP contribution in [-0.4, -0.2) is 33.6 Å². The van der Waals surface area contributed by atoms with Gasteiger partial charge in [0, 0.05) is 36.6 Å². The van der Waals surface area contributed by atoms with Gasteiger partial charge >= 0.3 is 5.63 Å². The number of hydrogen-bond donors (Lipinski definition) is 1. The van der Waals surface area contributed by atoms with Crippen LogP contribution in [0.4, 0.5) is 0 Å². The molecule has 0 radical (unpaired) electrons. The van der Waals surface area contributed by atoms with E-state index in [4.69, 9.17) is 9.15 Å². The summed E-state index contributed by atoms with van der Waals surface area (Å²) in [5, 5.41) is 4.08. The molecule has 1 aromatic carbocycles. The summed E-state index contributed by atoms with van der Waals surface area (Å²) in [4.78, 5) is 21.1. The SMILES string of the molecule is O=c1oc2cc(O[C@@H]3CCNC3)ccc2cc1-c1cn2cccnc2n1. The number of imidazole rings is 1. The third-order valence-corrected chi connectivity index (χ3v) is 4.54. The van der Waals surface area contributed by atoms with E-state index in [1.54, 1.807) is 28.9 Å². The molecule has 0 unspecified atom stereocenters. The van der Waals surface area contributed by atoms with E-state index in [0.29, 0.717) is 28.4 Å². The van der Waals surface area contributed by atoms with Crippen LogP contribution in [0, 0.1) is 0 Å². The van der Waals surface area contributed by atoms with Gasteiger partial charge in [-0.1, -0.05) is 0 Å². The zero-order chi connectivity index (χ0) is 17.5. The minimum absolute atomic E-state index is 0.156. The molecule has 7 heteroatoms. The highest BCUT2D eigenvalue weighted by Gasteiger charge is 2.17. The Labute approximate surface area is 148 Å². The summed E-state index contributed by atoms with van der Waals surface area (Å²) in [6.45, 7) is 1.80. The molecule has 1 N–H and O–H groups in total. The van der Waals surface area contributed by atoms with Crippen LogP contribution in [0.25, 0.3) is 28.0 Å². The second kappa shape index (κ2) is 5.96. The van der Waals surface area contributed by atoms with Gasteiger partial charge in [-0.05, 0) is 37.2 Å². The van der Waals surface area contributed by atoms with Gasteiger partial charge in [0.2, 0.25) is 5.78 Å². The third kappa shape index (κ3) is 2.62. The lowest BCUT2D eigenvalue weighted by Gasteiger charge is -2.12. The van der Waals surface area contributed by atoms with Crippen LogP contribution in [0.1, 0.15) is 6.42 Å². The van der Waals surface area contributed by atoms with Gasteiger partial charge in [0.1, 0.15) is 17.4 Å². The average Bonchev–Trinajstić information content (AvgIpc) is 3.30. The first kappa shape index (κ1) is 15.1. The smallest absolute Gasteiger partial charge is 0.345 e. The standard InChI is InChI=1S/C19H16N4O3/c24-18-15(16-11-23-7-1-5-21-19(23)22-16)8-12-2-3-13(9-17(12)26-18)25-14-4-6-20-10-14/h1-3,5,7-9,11,14,20H,4,6,10H2/t14-/m1/s1. The second-order valence-corrected chi connectivity index (χ2v) is 6.33. The Balaban J connectivity index is 1.55. The number of hydrogen-bond acceptors (Lipinski definition) is 6. The second-order valence-electron chi connectivity index (χ2n) is 6.33. The Hall–Kier alpha value is -3.19. The lowest BCUT2D eigenvalue weighted by molar-refractivity contribution is 0.223. The molecule has 1 fully saturated rings. The van der Waals surface area contributed by atoms with Crippen LogP contribution < -0.4 is 15.7 Å². The molecule has 0 aliphatic carbocycles. The highest BCUT2D eigenvalue weighted by Crippen LogP contribution is 2.25. The zero-order valence-corrected chi connectivity index (χ0v) is 13.9. The molecule has 1 aliphatic rings. The number of nitrogens with one attached hydrogen (secondary N) is 1. The summed E-state index contributed by atoms with van der Waals surface area (Å²) in [7, 11) is 0. The predicted octanol–water partition coefficient (Wildman–Crippen LogP) is 2.24. The maximum Gasteiger partial charge on any atom is 0.345 e. The van der Waals surface area contributed by atoms with Gasteiger partial charge in [0.25, 0.3) is 0 Å². The lowest BCUT2D eigenvalue weighted by Crippen LogP contribution is -2.19. The Kier molecular flexibility index (Phi) is 3.46. The van der Waals surface area contributed by atoms with Crippen molar-refractivity contribution >= 4 is 16.7 Å². The molecule has 1 saturated heterocycles. The van der Waals surface area contributed by atoms with Crippen molar-refractivity contribution in [1.82, 2.24) is 19.7 Å². The van der Waals surface area contributed by atoms with Gasteiger partial charge in [-0.25, -0.2) is 14.8 Å². The summed E-state index contributed by atoms with van der Waals surface area (Å²) in [6.07, 6.45) is 6.40. The predicted molar refractivity (Wildman–Crippen MR) is 96.4 cm³/mol. The minimum atomic E-state index is -0.430. The Morgan fingerprint density at radius 1 is 1.31 bits per heavy atom. The molecule has 1 atom stereocenters. The molecule has 130 valence electrons. The molecule has 7 nitrogen and oxygen atoms in total. The molecule has 0 amide bonds. The van der Waals surface area contributed by atoms with Gasteiger partial charge in [-0.3, -0.25) is 4.40 Å². The summed E-state index contributed by atoms with van der Waals surface area (Å²) < 4.78 is 13.2. The van der Waals surface area contributed by atoms with E-state index in [0.717, 1.165) is 24.9 Å². The first-order valence-electron chi connectivity index (χ1n) is 8.52. The van der Waals surface area contributed by atoms with Crippen molar-refractivity contribution in [2.45, 2.75) is 12.5 Å². The first-order valence-corrected chi connectivity index (χ1v) is 8.52. The maximum atomic E-state index is 12.5. The summed E-state index contributed by atoms with van der Waals surface area (Å²) >= 11 is 0. The van der Waals surface area contributed by atoms with Gasteiger partial charge < -0.3 is 14.5 Å². The molecule has 3 aromatic heterocycles. The molecule has 26 heavy (non-hydrogen) atoms. The molecule has 4 heterocycles. The van der Waals surface area contributed by atoms with Crippen molar-refractivity contribution < 1.29 is 9.15 Å². The average molecular weight is 348 g/mol. The van der Waals surface area contributed by atoms with Crippen LogP contribution in [0.15, 0.2) is 58.1 Å². The van der Waals surface area contributed by atoms with Crippen LogP contribution in [0.2, 0.25) is 0 Å². The Morgan fingerprint density at radius 3 is 3.12 bits per heavy atom. The fraction of sp³-hybridized carbons (Fsp3) is 0.211. The van der Waals surface area contributed by atoms with Gasteiger partial charge in [0.15, 0.2) is 0 Å². The molecular weight excluding hydrogens is 332 g/mol. The summed E-state index contributed by atoms with van der Waals surface area (Å²) in [5.74, 6) is 1.25. The lowest BCUT2D eigenvalue weighted by atomic mass is 10.1.